The number of carbonyl (C=O) groups excluding carboxylic acids is 3. The van der Waals surface area contributed by atoms with Crippen molar-refractivity contribution in [2.75, 3.05) is 19.5 Å². The lowest BCUT2D eigenvalue weighted by Gasteiger charge is -2.20. The zero-order valence-electron chi connectivity index (χ0n) is 18.1. The quantitative estimate of drug-likeness (QED) is 0.688. The summed E-state index contributed by atoms with van der Waals surface area (Å²) in [7, 11) is 2.48. The zero-order chi connectivity index (χ0) is 22.4. The van der Waals surface area contributed by atoms with Crippen LogP contribution >= 0.6 is 0 Å². The summed E-state index contributed by atoms with van der Waals surface area (Å²) in [5.41, 5.74) is 2.45. The average molecular weight is 413 g/mol. The van der Waals surface area contributed by atoms with Crippen molar-refractivity contribution in [1.82, 2.24) is 0 Å². The molecule has 2 aromatic rings. The molecule has 1 unspecified atom stereocenters. The molecular formula is C23H27NO6. The van der Waals surface area contributed by atoms with Crippen molar-refractivity contribution in [2.24, 2.45) is 0 Å². The molecule has 160 valence electrons. The summed E-state index contributed by atoms with van der Waals surface area (Å²) in [5, 5.41) is 2.66. The van der Waals surface area contributed by atoms with Gasteiger partial charge in [-0.3, -0.25) is 4.79 Å². The standard InChI is InChI=1S/C23H27NO6/c1-13(2)17-9-7-14(3)11-20(17)30-15(4)21(25)24-19-12-16(22(26)28-5)8-10-18(19)23(27)29-6/h7-13,15H,1-6H3,(H,24,25). The molecule has 1 atom stereocenters. The van der Waals surface area contributed by atoms with Gasteiger partial charge < -0.3 is 19.5 Å². The number of carbonyl (C=O) groups is 3. The summed E-state index contributed by atoms with van der Waals surface area (Å²) in [5.74, 6) is -0.857. The minimum Gasteiger partial charge on any atom is -0.481 e. The number of benzene rings is 2. The van der Waals surface area contributed by atoms with Gasteiger partial charge in [0.2, 0.25) is 0 Å². The van der Waals surface area contributed by atoms with Gasteiger partial charge in [0.25, 0.3) is 5.91 Å². The molecule has 0 bridgehead atoms. The SMILES string of the molecule is COC(=O)c1ccc(C(=O)OC)c(NC(=O)C(C)Oc2cc(C)ccc2C(C)C)c1. The number of hydrogen-bond acceptors (Lipinski definition) is 6. The Hall–Kier alpha value is -3.35. The number of aryl methyl sites for hydroxylation is 1. The Kier molecular flexibility index (Phi) is 7.58. The zero-order valence-corrected chi connectivity index (χ0v) is 18.1. The summed E-state index contributed by atoms with van der Waals surface area (Å²) in [4.78, 5) is 36.7. The van der Waals surface area contributed by atoms with Crippen molar-refractivity contribution in [3.05, 3.63) is 58.7 Å². The maximum Gasteiger partial charge on any atom is 0.339 e. The fraction of sp³-hybridized carbons (Fsp3) is 0.348. The molecule has 7 nitrogen and oxygen atoms in total. The second-order valence-corrected chi connectivity index (χ2v) is 7.19. The molecule has 1 amide bonds. The number of nitrogens with one attached hydrogen (secondary N) is 1. The Morgan fingerprint density at radius 2 is 1.57 bits per heavy atom. The molecule has 0 heterocycles. The van der Waals surface area contributed by atoms with Gasteiger partial charge in [0.05, 0.1) is 31.0 Å². The molecule has 0 aliphatic rings. The molecule has 1 N–H and O–H groups in total. The smallest absolute Gasteiger partial charge is 0.339 e. The van der Waals surface area contributed by atoms with Gasteiger partial charge in [-0.2, -0.15) is 0 Å². The predicted molar refractivity (Wildman–Crippen MR) is 113 cm³/mol. The fourth-order valence-corrected chi connectivity index (χ4v) is 2.88. The van der Waals surface area contributed by atoms with Crippen molar-refractivity contribution < 1.29 is 28.6 Å². The first-order valence-electron chi connectivity index (χ1n) is 9.56. The van der Waals surface area contributed by atoms with E-state index in [1.165, 1.54) is 32.4 Å². The van der Waals surface area contributed by atoms with E-state index in [9.17, 15) is 14.4 Å². The second-order valence-electron chi connectivity index (χ2n) is 7.19. The Bertz CT molecular complexity index is 951. The van der Waals surface area contributed by atoms with E-state index in [4.69, 9.17) is 14.2 Å². The summed E-state index contributed by atoms with van der Waals surface area (Å²) >= 11 is 0. The van der Waals surface area contributed by atoms with Gasteiger partial charge in [0.1, 0.15) is 5.75 Å². The third-order valence-electron chi connectivity index (χ3n) is 4.57. The second kappa shape index (κ2) is 9.91. The number of amides is 1. The first kappa shape index (κ1) is 22.9. The van der Waals surface area contributed by atoms with E-state index in [1.54, 1.807) is 6.92 Å². The molecule has 0 saturated heterocycles. The summed E-state index contributed by atoms with van der Waals surface area (Å²) in [6.45, 7) is 7.65. The van der Waals surface area contributed by atoms with E-state index in [0.29, 0.717) is 5.75 Å². The highest BCUT2D eigenvalue weighted by molar-refractivity contribution is 6.04. The number of esters is 2. The molecule has 30 heavy (non-hydrogen) atoms. The number of methoxy groups -OCH3 is 2. The van der Waals surface area contributed by atoms with Crippen LogP contribution in [-0.2, 0) is 14.3 Å². The molecule has 2 aromatic carbocycles. The van der Waals surface area contributed by atoms with Gasteiger partial charge in [-0.1, -0.05) is 26.0 Å². The molecule has 0 aromatic heterocycles. The van der Waals surface area contributed by atoms with E-state index < -0.39 is 23.9 Å². The van der Waals surface area contributed by atoms with Gasteiger partial charge in [-0.15, -0.1) is 0 Å². The van der Waals surface area contributed by atoms with Crippen LogP contribution in [0.1, 0.15) is 58.5 Å². The van der Waals surface area contributed by atoms with Gasteiger partial charge in [0, 0.05) is 0 Å². The molecule has 2 rings (SSSR count). The van der Waals surface area contributed by atoms with Crippen LogP contribution in [0.25, 0.3) is 0 Å². The van der Waals surface area contributed by atoms with Gasteiger partial charge >= 0.3 is 11.9 Å². The van der Waals surface area contributed by atoms with Crippen LogP contribution in [-0.4, -0.2) is 38.2 Å². The van der Waals surface area contributed by atoms with E-state index in [2.05, 4.69) is 5.32 Å². The van der Waals surface area contributed by atoms with Crippen molar-refractivity contribution >= 4 is 23.5 Å². The van der Waals surface area contributed by atoms with E-state index in [0.717, 1.165) is 11.1 Å². The number of hydrogen-bond donors (Lipinski definition) is 1. The first-order chi connectivity index (χ1) is 14.2. The van der Waals surface area contributed by atoms with E-state index >= 15 is 0 Å². The highest BCUT2D eigenvalue weighted by Gasteiger charge is 2.22. The normalized spacial score (nSPS) is 11.6. The topological polar surface area (TPSA) is 90.9 Å². The lowest BCUT2D eigenvalue weighted by molar-refractivity contribution is -0.122. The van der Waals surface area contributed by atoms with Crippen LogP contribution in [0.2, 0.25) is 0 Å². The minimum absolute atomic E-state index is 0.115. The minimum atomic E-state index is -0.850. The van der Waals surface area contributed by atoms with Crippen LogP contribution in [0, 0.1) is 6.92 Å². The molecular weight excluding hydrogens is 386 g/mol. The lowest BCUT2D eigenvalue weighted by atomic mass is 10.0. The fourth-order valence-electron chi connectivity index (χ4n) is 2.88. The van der Waals surface area contributed by atoms with E-state index in [-0.39, 0.29) is 22.7 Å². The largest absolute Gasteiger partial charge is 0.481 e. The Morgan fingerprint density at radius 1 is 0.900 bits per heavy atom. The van der Waals surface area contributed by atoms with Gasteiger partial charge in [-0.05, 0) is 55.2 Å². The third-order valence-corrected chi connectivity index (χ3v) is 4.57. The first-order valence-corrected chi connectivity index (χ1v) is 9.56. The molecule has 0 saturated carbocycles. The van der Waals surface area contributed by atoms with E-state index in [1.807, 2.05) is 39.0 Å². The third kappa shape index (κ3) is 5.37. The lowest BCUT2D eigenvalue weighted by Crippen LogP contribution is -2.31. The highest BCUT2D eigenvalue weighted by atomic mass is 16.5. The molecule has 0 aliphatic heterocycles. The highest BCUT2D eigenvalue weighted by Crippen LogP contribution is 2.28. The van der Waals surface area contributed by atoms with Crippen LogP contribution in [0.4, 0.5) is 5.69 Å². The molecule has 0 radical (unpaired) electrons. The Balaban J connectivity index is 2.29. The number of rotatable bonds is 7. The molecule has 7 heteroatoms. The maximum absolute atomic E-state index is 12.8. The Labute approximate surface area is 176 Å². The predicted octanol–water partition coefficient (Wildman–Crippen LogP) is 4.10. The molecule has 0 aliphatic carbocycles. The van der Waals surface area contributed by atoms with Crippen LogP contribution in [0.5, 0.6) is 5.75 Å². The number of anilines is 1. The van der Waals surface area contributed by atoms with Crippen molar-refractivity contribution in [1.29, 1.82) is 0 Å². The van der Waals surface area contributed by atoms with Crippen LogP contribution in [0.3, 0.4) is 0 Å². The van der Waals surface area contributed by atoms with Gasteiger partial charge in [0.15, 0.2) is 6.10 Å². The van der Waals surface area contributed by atoms with Crippen LogP contribution < -0.4 is 10.1 Å². The summed E-state index contributed by atoms with van der Waals surface area (Å²) in [6, 6.07) is 10.1. The summed E-state index contributed by atoms with van der Waals surface area (Å²) in [6.07, 6.45) is -0.850. The van der Waals surface area contributed by atoms with Crippen LogP contribution in [0.15, 0.2) is 36.4 Å². The van der Waals surface area contributed by atoms with Crippen molar-refractivity contribution in [3.8, 4) is 5.75 Å². The molecule has 0 spiro atoms. The van der Waals surface area contributed by atoms with Gasteiger partial charge in [-0.25, -0.2) is 9.59 Å². The van der Waals surface area contributed by atoms with Crippen molar-refractivity contribution in [2.45, 2.75) is 39.7 Å². The average Bonchev–Trinajstić information content (AvgIpc) is 2.72. The summed E-state index contributed by atoms with van der Waals surface area (Å²) < 4.78 is 15.4. The monoisotopic (exact) mass is 413 g/mol. The molecule has 0 fully saturated rings. The maximum atomic E-state index is 12.8. The van der Waals surface area contributed by atoms with Crippen molar-refractivity contribution in [3.63, 3.8) is 0 Å². The Morgan fingerprint density at radius 3 is 2.17 bits per heavy atom. The number of ether oxygens (including phenoxy) is 3.